The van der Waals surface area contributed by atoms with Crippen LogP contribution in [0.4, 0.5) is 0 Å². The van der Waals surface area contributed by atoms with Crippen LogP contribution in [-0.2, 0) is 19.1 Å². The van der Waals surface area contributed by atoms with E-state index in [-0.39, 0.29) is 17.6 Å². The molecular weight excluding hydrogens is 240 g/mol. The van der Waals surface area contributed by atoms with Crippen LogP contribution in [0, 0.1) is 0 Å². The van der Waals surface area contributed by atoms with Crippen molar-refractivity contribution in [3.8, 4) is 0 Å². The van der Waals surface area contributed by atoms with Crippen molar-refractivity contribution in [1.82, 2.24) is 0 Å². The highest BCUT2D eigenvalue weighted by molar-refractivity contribution is 5.88. The number of methoxy groups -OCH3 is 1. The highest BCUT2D eigenvalue weighted by Crippen LogP contribution is 2.00. The lowest BCUT2D eigenvalue weighted by Gasteiger charge is -1.97. The van der Waals surface area contributed by atoms with Crippen LogP contribution in [-0.4, -0.2) is 35.2 Å². The Morgan fingerprint density at radius 3 is 1.94 bits per heavy atom. The van der Waals surface area contributed by atoms with E-state index >= 15 is 0 Å². The summed E-state index contributed by atoms with van der Waals surface area (Å²) in [5.74, 6) is -2.51. The summed E-state index contributed by atoms with van der Waals surface area (Å²) in [6, 6.07) is 0. The maximum atomic E-state index is 10.7. The highest BCUT2D eigenvalue weighted by Gasteiger charge is 2.03. The largest absolute Gasteiger partial charge is 0.478 e. The van der Waals surface area contributed by atoms with Gasteiger partial charge in [0.25, 0.3) is 0 Å². The molecule has 0 unspecified atom stereocenters. The van der Waals surface area contributed by atoms with E-state index in [2.05, 4.69) is 17.9 Å². The van der Waals surface area contributed by atoms with E-state index in [9.17, 15) is 14.4 Å². The fourth-order valence-corrected chi connectivity index (χ4v) is 0.530. The molecule has 0 aromatic carbocycles. The van der Waals surface area contributed by atoms with Crippen molar-refractivity contribution in [2.75, 3.05) is 7.11 Å². The summed E-state index contributed by atoms with van der Waals surface area (Å²) in [5.41, 5.74) is 0.407. The Morgan fingerprint density at radius 1 is 1.22 bits per heavy atom. The standard InChI is InChI=1S/C8H10O4.C4H6O2/c1-6(8(11)12-2)4-3-5-7(9)10;1-3(2)4(5)6/h3,5H,1,4H2,2H3,(H,9,10);1H2,2H3,(H,5,6). The first-order valence-electron chi connectivity index (χ1n) is 4.76. The minimum absolute atomic E-state index is 0.176. The molecule has 0 aliphatic rings. The third-order valence-electron chi connectivity index (χ3n) is 1.46. The lowest BCUT2D eigenvalue weighted by atomic mass is 10.2. The van der Waals surface area contributed by atoms with Gasteiger partial charge in [-0.2, -0.15) is 0 Å². The smallest absolute Gasteiger partial charge is 0.333 e. The van der Waals surface area contributed by atoms with Crippen LogP contribution in [0.25, 0.3) is 0 Å². The number of ether oxygens (including phenoxy) is 1. The Labute approximate surface area is 105 Å². The number of allylic oxidation sites excluding steroid dienone is 1. The first kappa shape index (κ1) is 18.0. The van der Waals surface area contributed by atoms with Crippen molar-refractivity contribution in [3.63, 3.8) is 0 Å². The van der Waals surface area contributed by atoms with E-state index in [0.29, 0.717) is 0 Å². The van der Waals surface area contributed by atoms with Gasteiger partial charge in [0.15, 0.2) is 0 Å². The minimum Gasteiger partial charge on any atom is -0.478 e. The van der Waals surface area contributed by atoms with Crippen LogP contribution in [0.3, 0.4) is 0 Å². The SMILES string of the molecule is C=C(C)C(=O)O.C=C(CC=CC(=O)O)C(=O)OC. The molecule has 100 valence electrons. The molecular formula is C12H16O6. The molecule has 0 amide bonds. The summed E-state index contributed by atoms with van der Waals surface area (Å²) in [4.78, 5) is 30.3. The zero-order valence-electron chi connectivity index (χ0n) is 10.3. The van der Waals surface area contributed by atoms with Gasteiger partial charge >= 0.3 is 17.9 Å². The maximum absolute atomic E-state index is 10.7. The highest BCUT2D eigenvalue weighted by atomic mass is 16.5. The number of esters is 1. The molecule has 0 saturated carbocycles. The number of carbonyl (C=O) groups is 3. The zero-order valence-corrected chi connectivity index (χ0v) is 10.3. The van der Waals surface area contributed by atoms with Gasteiger partial charge in [0.2, 0.25) is 0 Å². The van der Waals surface area contributed by atoms with Crippen LogP contribution < -0.4 is 0 Å². The van der Waals surface area contributed by atoms with Gasteiger partial charge in [-0.3, -0.25) is 0 Å². The molecule has 0 radical (unpaired) electrons. The summed E-state index contributed by atoms with van der Waals surface area (Å²) in [6.07, 6.45) is 2.48. The Morgan fingerprint density at radius 2 is 1.67 bits per heavy atom. The second kappa shape index (κ2) is 9.83. The van der Waals surface area contributed by atoms with Gasteiger partial charge < -0.3 is 14.9 Å². The molecule has 18 heavy (non-hydrogen) atoms. The zero-order chi connectivity index (χ0) is 14.7. The quantitative estimate of drug-likeness (QED) is 0.569. The number of hydrogen-bond acceptors (Lipinski definition) is 4. The van der Waals surface area contributed by atoms with Crippen molar-refractivity contribution >= 4 is 17.9 Å². The summed E-state index contributed by atoms with van der Waals surface area (Å²) in [5, 5.41) is 16.1. The van der Waals surface area contributed by atoms with Crippen molar-refractivity contribution in [2.45, 2.75) is 13.3 Å². The molecule has 0 fully saturated rings. The summed E-state index contributed by atoms with van der Waals surface area (Å²) in [7, 11) is 1.24. The molecule has 0 bridgehead atoms. The van der Waals surface area contributed by atoms with E-state index in [1.54, 1.807) is 0 Å². The second-order valence-corrected chi connectivity index (χ2v) is 3.13. The molecule has 6 heteroatoms. The molecule has 0 aliphatic carbocycles. The van der Waals surface area contributed by atoms with Gasteiger partial charge in [-0.1, -0.05) is 19.2 Å². The number of carboxylic acid groups (broad SMARTS) is 2. The first-order valence-corrected chi connectivity index (χ1v) is 4.76. The van der Waals surface area contributed by atoms with Gasteiger partial charge in [-0.05, 0) is 13.3 Å². The molecule has 0 aromatic rings. The van der Waals surface area contributed by atoms with Gasteiger partial charge in [-0.15, -0.1) is 0 Å². The Hall–Kier alpha value is -2.37. The molecule has 0 saturated heterocycles. The fourth-order valence-electron chi connectivity index (χ4n) is 0.530. The topological polar surface area (TPSA) is 101 Å². The van der Waals surface area contributed by atoms with Gasteiger partial charge in [0.05, 0.1) is 7.11 Å². The second-order valence-electron chi connectivity index (χ2n) is 3.13. The lowest BCUT2D eigenvalue weighted by molar-refractivity contribution is -0.136. The molecule has 0 rings (SSSR count). The average molecular weight is 256 g/mol. The van der Waals surface area contributed by atoms with E-state index in [1.165, 1.54) is 20.1 Å². The first-order chi connectivity index (χ1) is 8.22. The molecule has 0 heterocycles. The van der Waals surface area contributed by atoms with Gasteiger partial charge in [0, 0.05) is 17.2 Å². The van der Waals surface area contributed by atoms with E-state index in [4.69, 9.17) is 10.2 Å². The lowest BCUT2D eigenvalue weighted by Crippen LogP contribution is -2.02. The minimum atomic E-state index is -1.05. The third kappa shape index (κ3) is 11.7. The van der Waals surface area contributed by atoms with Gasteiger partial charge in [0.1, 0.15) is 0 Å². The molecule has 0 aliphatic heterocycles. The molecule has 0 spiro atoms. The number of hydrogen-bond donors (Lipinski definition) is 2. The predicted octanol–water partition coefficient (Wildman–Crippen LogP) is 1.39. The summed E-state index contributed by atoms with van der Waals surface area (Å²) in [6.45, 7) is 8.01. The predicted molar refractivity (Wildman–Crippen MR) is 65.0 cm³/mol. The van der Waals surface area contributed by atoms with Crippen molar-refractivity contribution in [2.24, 2.45) is 0 Å². The Balaban J connectivity index is 0. The monoisotopic (exact) mass is 256 g/mol. The van der Waals surface area contributed by atoms with Crippen LogP contribution in [0.15, 0.2) is 36.5 Å². The maximum Gasteiger partial charge on any atom is 0.333 e. The van der Waals surface area contributed by atoms with Crippen LogP contribution in [0.2, 0.25) is 0 Å². The fraction of sp³-hybridized carbons (Fsp3) is 0.250. The van der Waals surface area contributed by atoms with Crippen molar-refractivity contribution in [3.05, 3.63) is 36.5 Å². The number of aliphatic carboxylic acids is 2. The van der Waals surface area contributed by atoms with Crippen LogP contribution in [0.1, 0.15) is 13.3 Å². The normalized spacial score (nSPS) is 9.00. The average Bonchev–Trinajstić information content (AvgIpc) is 2.27. The van der Waals surface area contributed by atoms with Crippen LogP contribution in [0.5, 0.6) is 0 Å². The molecule has 0 atom stereocenters. The van der Waals surface area contributed by atoms with E-state index < -0.39 is 17.9 Å². The molecule has 6 nitrogen and oxygen atoms in total. The molecule has 2 N–H and O–H groups in total. The van der Waals surface area contributed by atoms with Gasteiger partial charge in [-0.25, -0.2) is 14.4 Å². The van der Waals surface area contributed by atoms with E-state index in [1.807, 2.05) is 0 Å². The number of carbonyl (C=O) groups excluding carboxylic acids is 1. The summed E-state index contributed by atoms with van der Waals surface area (Å²) < 4.78 is 4.35. The third-order valence-corrected chi connectivity index (χ3v) is 1.46. The number of rotatable bonds is 5. The van der Waals surface area contributed by atoms with Crippen LogP contribution >= 0.6 is 0 Å². The summed E-state index contributed by atoms with van der Waals surface area (Å²) >= 11 is 0. The van der Waals surface area contributed by atoms with E-state index in [0.717, 1.165) is 6.08 Å². The Bertz CT molecular complexity index is 366. The van der Waals surface area contributed by atoms with Crippen molar-refractivity contribution < 1.29 is 29.3 Å². The molecule has 0 aromatic heterocycles. The van der Waals surface area contributed by atoms with Crippen molar-refractivity contribution in [1.29, 1.82) is 0 Å². The number of carboxylic acids is 2. The Kier molecular flexibility index (Phi) is 9.83.